The molecule has 2 atom stereocenters. The van der Waals surface area contributed by atoms with E-state index in [1.165, 1.54) is 17.7 Å². The van der Waals surface area contributed by atoms with E-state index in [0.29, 0.717) is 0 Å². The van der Waals surface area contributed by atoms with Gasteiger partial charge in [-0.1, -0.05) is 21.6 Å². The Balaban J connectivity index is 4.84. The van der Waals surface area contributed by atoms with Crippen LogP contribution in [0.2, 0.25) is 0 Å². The summed E-state index contributed by atoms with van der Waals surface area (Å²) in [6.45, 7) is 11.5. The molecule has 0 aromatic carbocycles. The van der Waals surface area contributed by atoms with E-state index >= 15 is 0 Å². The average Bonchev–Trinajstić information content (AvgIpc) is 2.44. The Morgan fingerprint density at radius 2 is 1.32 bits per heavy atom. The lowest BCUT2D eigenvalue weighted by atomic mass is 10.2. The maximum Gasteiger partial charge on any atom is 0.408 e. The maximum atomic E-state index is 12.4. The highest BCUT2D eigenvalue weighted by atomic mass is 33.1. The third-order valence-corrected chi connectivity index (χ3v) is 5.03. The number of amides is 2. The molecule has 0 rings (SSSR count). The summed E-state index contributed by atoms with van der Waals surface area (Å²) < 4.78 is 10.5. The first kappa shape index (κ1) is 26.4. The lowest BCUT2D eigenvalue weighted by Crippen LogP contribution is -2.47. The molecule has 0 aromatic rings. The van der Waals surface area contributed by atoms with Gasteiger partial charge in [0.25, 0.3) is 0 Å². The molecule has 28 heavy (non-hydrogen) atoms. The van der Waals surface area contributed by atoms with E-state index in [9.17, 15) is 19.2 Å². The average molecular weight is 439 g/mol. The van der Waals surface area contributed by atoms with E-state index in [0.717, 1.165) is 10.8 Å². The lowest BCUT2D eigenvalue weighted by molar-refractivity contribution is -0.156. The van der Waals surface area contributed by atoms with Crippen LogP contribution in [-0.2, 0) is 23.9 Å². The van der Waals surface area contributed by atoms with E-state index in [1.807, 2.05) is 0 Å². The minimum absolute atomic E-state index is 0.0903. The van der Waals surface area contributed by atoms with Crippen molar-refractivity contribution in [2.24, 2.45) is 0 Å². The van der Waals surface area contributed by atoms with Crippen LogP contribution in [0.1, 0.15) is 48.5 Å². The number of rotatable bonds is 9. The largest absolute Gasteiger partial charge is 0.480 e. The van der Waals surface area contributed by atoms with Gasteiger partial charge in [0.15, 0.2) is 0 Å². The predicted octanol–water partition coefficient (Wildman–Crippen LogP) is 2.19. The minimum Gasteiger partial charge on any atom is -0.480 e. The molecule has 0 spiro atoms. The molecule has 11 heteroatoms. The Labute approximate surface area is 173 Å². The fourth-order valence-corrected chi connectivity index (χ4v) is 3.95. The van der Waals surface area contributed by atoms with E-state index in [-0.39, 0.29) is 11.5 Å². The fourth-order valence-electron chi connectivity index (χ4n) is 1.64. The lowest BCUT2D eigenvalue weighted by Gasteiger charge is -2.26. The first-order chi connectivity index (χ1) is 12.6. The van der Waals surface area contributed by atoms with Crippen molar-refractivity contribution in [3.63, 3.8) is 0 Å². The Kier molecular flexibility index (Phi) is 10.7. The number of ether oxygens (including phenoxy) is 2. The zero-order valence-corrected chi connectivity index (χ0v) is 18.9. The Hall–Kier alpha value is -1.62. The van der Waals surface area contributed by atoms with Gasteiger partial charge in [-0.25, -0.2) is 14.4 Å². The molecule has 9 nitrogen and oxygen atoms in total. The number of aliphatic carboxylic acids is 1. The number of esters is 1. The number of carboxylic acids is 1. The molecule has 2 amide bonds. The van der Waals surface area contributed by atoms with Gasteiger partial charge in [-0.2, -0.15) is 0 Å². The van der Waals surface area contributed by atoms with Crippen molar-refractivity contribution in [3.8, 4) is 0 Å². The first-order valence-corrected chi connectivity index (χ1v) is 11.1. The number of carboxylic acid groups (broad SMARTS) is 1. The second-order valence-electron chi connectivity index (χ2n) is 7.89. The van der Waals surface area contributed by atoms with Gasteiger partial charge in [-0.3, -0.25) is 4.79 Å². The number of alkyl carbamates (subject to hydrolysis) is 1. The number of hydrogen-bond acceptors (Lipinski definition) is 8. The summed E-state index contributed by atoms with van der Waals surface area (Å²) in [5.74, 6) is -2.00. The molecule has 162 valence electrons. The zero-order valence-electron chi connectivity index (χ0n) is 17.3. The second-order valence-corrected chi connectivity index (χ2v) is 10.4. The normalized spacial score (nSPS) is 13.8. The molecule has 0 aliphatic heterocycles. The Bertz CT molecular complexity index is 571. The van der Waals surface area contributed by atoms with Crippen LogP contribution in [-0.4, -0.2) is 63.8 Å². The van der Waals surface area contributed by atoms with E-state index < -0.39 is 47.2 Å². The van der Waals surface area contributed by atoms with Gasteiger partial charge in [0.05, 0.1) is 0 Å². The molecule has 0 heterocycles. The highest BCUT2D eigenvalue weighted by Crippen LogP contribution is 2.24. The highest BCUT2D eigenvalue weighted by molar-refractivity contribution is 8.76. The van der Waals surface area contributed by atoms with Gasteiger partial charge in [0, 0.05) is 18.4 Å². The van der Waals surface area contributed by atoms with Crippen molar-refractivity contribution in [2.75, 3.05) is 11.5 Å². The van der Waals surface area contributed by atoms with Crippen molar-refractivity contribution in [3.05, 3.63) is 0 Å². The molecule has 0 aliphatic rings. The quantitative estimate of drug-likeness (QED) is 0.281. The second kappa shape index (κ2) is 11.4. The topological polar surface area (TPSA) is 131 Å². The van der Waals surface area contributed by atoms with Crippen molar-refractivity contribution in [2.45, 2.75) is 71.8 Å². The summed E-state index contributed by atoms with van der Waals surface area (Å²) in [7, 11) is 2.34. The molecule has 0 saturated carbocycles. The molecule has 3 N–H and O–H groups in total. The van der Waals surface area contributed by atoms with Crippen LogP contribution in [0.4, 0.5) is 4.79 Å². The van der Waals surface area contributed by atoms with Crippen LogP contribution in [0, 0.1) is 0 Å². The monoisotopic (exact) mass is 438 g/mol. The predicted molar refractivity (Wildman–Crippen MR) is 109 cm³/mol. The van der Waals surface area contributed by atoms with Crippen LogP contribution >= 0.6 is 21.6 Å². The summed E-state index contributed by atoms with van der Waals surface area (Å²) in [6, 6.07) is -2.02. The number of hydrogen-bond donors (Lipinski definition) is 3. The van der Waals surface area contributed by atoms with Crippen molar-refractivity contribution in [1.29, 1.82) is 0 Å². The molecule has 0 bridgehead atoms. The first-order valence-electron chi connectivity index (χ1n) is 8.57. The summed E-state index contributed by atoms with van der Waals surface area (Å²) in [5, 5.41) is 13.9. The van der Waals surface area contributed by atoms with Crippen molar-refractivity contribution in [1.82, 2.24) is 10.6 Å². The van der Waals surface area contributed by atoms with Gasteiger partial charge < -0.3 is 25.2 Å². The number of carbonyl (C=O) groups is 4. The van der Waals surface area contributed by atoms with Gasteiger partial charge in [-0.15, -0.1) is 0 Å². The summed E-state index contributed by atoms with van der Waals surface area (Å²) in [5.41, 5.74) is -1.46. The van der Waals surface area contributed by atoms with Crippen LogP contribution in [0.5, 0.6) is 0 Å². The van der Waals surface area contributed by atoms with Gasteiger partial charge in [0.2, 0.25) is 5.91 Å². The summed E-state index contributed by atoms with van der Waals surface area (Å²) >= 11 is 0. The third kappa shape index (κ3) is 13.5. The molecule has 0 saturated heterocycles. The van der Waals surface area contributed by atoms with Crippen molar-refractivity contribution >= 4 is 45.5 Å². The maximum absolute atomic E-state index is 12.4. The van der Waals surface area contributed by atoms with Crippen molar-refractivity contribution < 1.29 is 33.8 Å². The third-order valence-electron chi connectivity index (χ3n) is 2.61. The van der Waals surface area contributed by atoms with Crippen LogP contribution in [0.15, 0.2) is 0 Å². The number of nitrogens with one attached hydrogen (secondary N) is 2. The SMILES string of the molecule is CC(=O)N[C@H](CSSC[C@H](NC(=O)OC(C)(C)C)C(=O)OC(C)(C)C)C(=O)O. The fraction of sp³-hybridized carbons (Fsp3) is 0.765. The molecule has 0 aliphatic carbocycles. The standard InChI is InChI=1S/C17H30N2O7S2/c1-10(20)18-11(13(21)22)8-27-28-9-12(14(23)25-16(2,3)4)19-15(24)26-17(5,6)7/h11-12H,8-9H2,1-7H3,(H,18,20)(H,19,24)(H,21,22)/t11-,12+/m1/s1. The Morgan fingerprint density at radius 1 is 0.857 bits per heavy atom. The zero-order chi connectivity index (χ0) is 22.1. The van der Waals surface area contributed by atoms with Gasteiger partial charge in [0.1, 0.15) is 23.3 Å². The Morgan fingerprint density at radius 3 is 1.71 bits per heavy atom. The molecule has 0 unspecified atom stereocenters. The molecule has 0 fully saturated rings. The number of carbonyl (C=O) groups excluding carboxylic acids is 3. The van der Waals surface area contributed by atoms with Crippen LogP contribution < -0.4 is 10.6 Å². The van der Waals surface area contributed by atoms with E-state index in [2.05, 4.69) is 10.6 Å². The summed E-state index contributed by atoms with van der Waals surface area (Å²) in [4.78, 5) is 46.5. The summed E-state index contributed by atoms with van der Waals surface area (Å²) in [6.07, 6.45) is -0.754. The molecule has 0 aromatic heterocycles. The van der Waals surface area contributed by atoms with Gasteiger partial charge >= 0.3 is 18.0 Å². The minimum atomic E-state index is -1.15. The highest BCUT2D eigenvalue weighted by Gasteiger charge is 2.29. The molecular formula is C17H30N2O7S2. The van der Waals surface area contributed by atoms with Crippen LogP contribution in [0.25, 0.3) is 0 Å². The van der Waals surface area contributed by atoms with Gasteiger partial charge in [-0.05, 0) is 41.5 Å². The smallest absolute Gasteiger partial charge is 0.408 e. The molecular weight excluding hydrogens is 408 g/mol. The molecule has 0 radical (unpaired) electrons. The van der Waals surface area contributed by atoms with E-state index in [4.69, 9.17) is 14.6 Å². The van der Waals surface area contributed by atoms with Crippen LogP contribution in [0.3, 0.4) is 0 Å². The van der Waals surface area contributed by atoms with E-state index in [1.54, 1.807) is 41.5 Å².